The molecule has 1 heterocycles. The van der Waals surface area contributed by atoms with Crippen molar-refractivity contribution < 1.29 is 13.2 Å². The van der Waals surface area contributed by atoms with Crippen LogP contribution < -0.4 is 10.1 Å². The molecule has 0 aliphatic carbocycles. The second kappa shape index (κ2) is 6.44. The summed E-state index contributed by atoms with van der Waals surface area (Å²) in [5.41, 5.74) is 0.730. The van der Waals surface area contributed by atoms with Crippen LogP contribution in [-0.2, 0) is 9.84 Å². The van der Waals surface area contributed by atoms with Gasteiger partial charge in [-0.15, -0.1) is 0 Å². The van der Waals surface area contributed by atoms with Gasteiger partial charge in [0.1, 0.15) is 17.3 Å². The van der Waals surface area contributed by atoms with Crippen LogP contribution in [0.3, 0.4) is 0 Å². The van der Waals surface area contributed by atoms with Gasteiger partial charge in [0.25, 0.3) is 0 Å². The third-order valence-corrected chi connectivity index (χ3v) is 5.32. The fourth-order valence-corrected chi connectivity index (χ4v) is 3.84. The molecule has 3 aromatic rings. The molecule has 0 aliphatic heterocycles. The number of sulfone groups is 1. The second-order valence-electron chi connectivity index (χ2n) is 5.02. The minimum Gasteiger partial charge on any atom is -0.492 e. The lowest BCUT2D eigenvalue weighted by atomic mass is 10.2. The summed E-state index contributed by atoms with van der Waals surface area (Å²) in [7, 11) is -1.79. The van der Waals surface area contributed by atoms with Crippen molar-refractivity contribution in [2.24, 2.45) is 0 Å². The highest BCUT2D eigenvalue weighted by Crippen LogP contribution is 2.34. The maximum absolute atomic E-state index is 12.9. The number of rotatable bonds is 6. The lowest BCUT2D eigenvalue weighted by Gasteiger charge is -2.09. The third-order valence-electron chi connectivity index (χ3n) is 3.53. The fraction of sp³-hybridized carbons (Fsp3) is 0.176. The average Bonchev–Trinajstić information content (AvgIpc) is 3.02. The Morgan fingerprint density at radius 1 is 1.22 bits per heavy atom. The molecule has 0 amide bonds. The molecule has 1 radical (unpaired) electrons. The molecule has 119 valence electrons. The van der Waals surface area contributed by atoms with E-state index < -0.39 is 9.84 Å². The quantitative estimate of drug-likeness (QED) is 0.681. The Morgan fingerprint density at radius 2 is 2.00 bits per heavy atom. The fourth-order valence-electron chi connectivity index (χ4n) is 2.39. The summed E-state index contributed by atoms with van der Waals surface area (Å²) in [5.74, 6) is 0.556. The van der Waals surface area contributed by atoms with Crippen LogP contribution in [0, 0.1) is 6.07 Å². The number of nitrogens with one attached hydrogen (secondary N) is 2. The first kappa shape index (κ1) is 15.6. The van der Waals surface area contributed by atoms with Crippen LogP contribution in [0.25, 0.3) is 10.9 Å². The Labute approximate surface area is 135 Å². The number of hydrogen-bond acceptors (Lipinski definition) is 4. The zero-order chi connectivity index (χ0) is 16.3. The number of ether oxygens (including phenoxy) is 1. The molecule has 6 heteroatoms. The Kier molecular flexibility index (Phi) is 4.36. The molecule has 0 saturated carbocycles. The van der Waals surface area contributed by atoms with Crippen molar-refractivity contribution in [3.63, 3.8) is 0 Å². The number of hydrogen-bond donors (Lipinski definition) is 2. The number of benzene rings is 2. The van der Waals surface area contributed by atoms with E-state index in [4.69, 9.17) is 4.74 Å². The number of fused-ring (bicyclic) bond motifs is 1. The Bertz CT molecular complexity index is 902. The van der Waals surface area contributed by atoms with Gasteiger partial charge in [0.15, 0.2) is 0 Å². The molecule has 0 saturated heterocycles. The van der Waals surface area contributed by atoms with Gasteiger partial charge < -0.3 is 15.0 Å². The molecule has 0 aliphatic rings. The van der Waals surface area contributed by atoms with Crippen LogP contribution in [0.5, 0.6) is 5.75 Å². The van der Waals surface area contributed by atoms with Gasteiger partial charge in [0, 0.05) is 12.7 Å². The Balaban J connectivity index is 2.11. The number of aromatic amines is 1. The van der Waals surface area contributed by atoms with Gasteiger partial charge in [-0.05, 0) is 37.4 Å². The number of likely N-dealkylation sites (N-methyl/N-ethyl adjacent to an activating group) is 1. The SMILES string of the molecule is CNCCOc1cccc2[nH]cc(S(=O)(=O)c3cc[c]cc3)c12. The van der Waals surface area contributed by atoms with Gasteiger partial charge in [-0.3, -0.25) is 0 Å². The maximum atomic E-state index is 12.9. The van der Waals surface area contributed by atoms with Crippen molar-refractivity contribution in [2.45, 2.75) is 9.79 Å². The van der Waals surface area contributed by atoms with Crippen LogP contribution in [0.1, 0.15) is 0 Å². The van der Waals surface area contributed by atoms with E-state index in [1.165, 1.54) is 6.20 Å². The lowest BCUT2D eigenvalue weighted by molar-refractivity contribution is 0.322. The molecule has 2 aromatic carbocycles. The molecular formula is C17H17N2O3S. The molecule has 5 nitrogen and oxygen atoms in total. The van der Waals surface area contributed by atoms with Crippen molar-refractivity contribution in [1.29, 1.82) is 0 Å². The van der Waals surface area contributed by atoms with E-state index in [0.717, 1.165) is 5.52 Å². The van der Waals surface area contributed by atoms with Crippen molar-refractivity contribution in [1.82, 2.24) is 10.3 Å². The highest BCUT2D eigenvalue weighted by atomic mass is 32.2. The van der Waals surface area contributed by atoms with Gasteiger partial charge in [0.2, 0.25) is 9.84 Å². The lowest BCUT2D eigenvalue weighted by Crippen LogP contribution is -2.16. The molecule has 3 rings (SSSR count). The van der Waals surface area contributed by atoms with Crippen molar-refractivity contribution in [3.8, 4) is 5.75 Å². The smallest absolute Gasteiger partial charge is 0.208 e. The predicted molar refractivity (Wildman–Crippen MR) is 88.5 cm³/mol. The first-order valence-corrected chi connectivity index (χ1v) is 8.71. The monoisotopic (exact) mass is 329 g/mol. The third kappa shape index (κ3) is 2.95. The van der Waals surface area contributed by atoms with Crippen LogP contribution >= 0.6 is 0 Å². The molecule has 0 unspecified atom stereocenters. The standard InChI is InChI=1S/C17H17N2O3S/c1-18-10-11-22-15-9-5-8-14-17(15)16(12-19-14)23(20,21)13-6-3-2-4-7-13/h3-9,12,18-19H,10-11H2,1H3. The van der Waals surface area contributed by atoms with Crippen LogP contribution in [0.4, 0.5) is 0 Å². The normalized spacial score (nSPS) is 11.7. The molecular weight excluding hydrogens is 312 g/mol. The van der Waals surface area contributed by atoms with Crippen LogP contribution in [-0.4, -0.2) is 33.6 Å². The Morgan fingerprint density at radius 3 is 2.74 bits per heavy atom. The predicted octanol–water partition coefficient (Wildman–Crippen LogP) is 2.40. The van der Waals surface area contributed by atoms with Gasteiger partial charge in [-0.1, -0.05) is 18.2 Å². The minimum absolute atomic E-state index is 0.221. The molecule has 23 heavy (non-hydrogen) atoms. The minimum atomic E-state index is -3.62. The maximum Gasteiger partial charge on any atom is 0.208 e. The molecule has 2 N–H and O–H groups in total. The van der Waals surface area contributed by atoms with Crippen molar-refractivity contribution >= 4 is 20.7 Å². The van der Waals surface area contributed by atoms with E-state index in [1.807, 2.05) is 19.2 Å². The van der Waals surface area contributed by atoms with Gasteiger partial charge >= 0.3 is 0 Å². The summed E-state index contributed by atoms with van der Waals surface area (Å²) in [4.78, 5) is 3.47. The summed E-state index contributed by atoms with van der Waals surface area (Å²) in [6.45, 7) is 1.14. The molecule has 1 aromatic heterocycles. The second-order valence-corrected chi connectivity index (χ2v) is 6.94. The first-order chi connectivity index (χ1) is 11.1. The van der Waals surface area contributed by atoms with Crippen molar-refractivity contribution in [3.05, 3.63) is 54.7 Å². The topological polar surface area (TPSA) is 71.2 Å². The van der Waals surface area contributed by atoms with E-state index in [-0.39, 0.29) is 9.79 Å². The van der Waals surface area contributed by atoms with E-state index in [0.29, 0.717) is 24.3 Å². The van der Waals surface area contributed by atoms with Crippen LogP contribution in [0.15, 0.2) is 58.5 Å². The number of aromatic nitrogens is 1. The first-order valence-electron chi connectivity index (χ1n) is 7.23. The zero-order valence-corrected chi connectivity index (χ0v) is 13.5. The molecule has 0 fully saturated rings. The van der Waals surface area contributed by atoms with Crippen molar-refractivity contribution in [2.75, 3.05) is 20.2 Å². The largest absolute Gasteiger partial charge is 0.492 e. The van der Waals surface area contributed by atoms with Crippen LogP contribution in [0.2, 0.25) is 0 Å². The molecule has 0 atom stereocenters. The van der Waals surface area contributed by atoms with Gasteiger partial charge in [0.05, 0.1) is 15.8 Å². The number of H-pyrrole nitrogens is 1. The van der Waals surface area contributed by atoms with Gasteiger partial charge in [-0.2, -0.15) is 0 Å². The van der Waals surface area contributed by atoms with E-state index >= 15 is 0 Å². The summed E-state index contributed by atoms with van der Waals surface area (Å²) >= 11 is 0. The van der Waals surface area contributed by atoms with Gasteiger partial charge in [-0.25, -0.2) is 8.42 Å². The highest BCUT2D eigenvalue weighted by molar-refractivity contribution is 7.91. The summed E-state index contributed by atoms with van der Waals surface area (Å²) < 4.78 is 31.5. The van der Waals surface area contributed by atoms with E-state index in [1.54, 1.807) is 30.3 Å². The van der Waals surface area contributed by atoms with E-state index in [2.05, 4.69) is 16.4 Å². The zero-order valence-electron chi connectivity index (χ0n) is 12.7. The molecule has 0 bridgehead atoms. The van der Waals surface area contributed by atoms with E-state index in [9.17, 15) is 8.42 Å². The average molecular weight is 329 g/mol. The summed E-state index contributed by atoms with van der Waals surface area (Å²) in [6.07, 6.45) is 1.52. The highest BCUT2D eigenvalue weighted by Gasteiger charge is 2.23. The summed E-state index contributed by atoms with van der Waals surface area (Å²) in [6, 6.07) is 14.5. The molecule has 0 spiro atoms. The summed E-state index contributed by atoms with van der Waals surface area (Å²) in [5, 5.41) is 3.58. The Hall–Kier alpha value is -2.31.